The van der Waals surface area contributed by atoms with Gasteiger partial charge in [0.1, 0.15) is 0 Å². The molecule has 0 spiro atoms. The Kier molecular flexibility index (Phi) is 3.42. The minimum absolute atomic E-state index is 0.467. The minimum atomic E-state index is -1.05. The molecule has 4 N–H and O–H groups in total. The summed E-state index contributed by atoms with van der Waals surface area (Å²) in [7, 11) is 0. The van der Waals surface area contributed by atoms with E-state index in [9.17, 15) is 4.79 Å². The molecule has 70 valence electrons. The molecule has 0 saturated carbocycles. The van der Waals surface area contributed by atoms with Crippen LogP contribution >= 0.6 is 0 Å². The van der Waals surface area contributed by atoms with Crippen LogP contribution in [0, 0.1) is 0 Å². The Morgan fingerprint density at radius 2 is 2.08 bits per heavy atom. The second-order valence-corrected chi connectivity index (χ2v) is 2.68. The van der Waals surface area contributed by atoms with Crippen molar-refractivity contribution in [3.05, 3.63) is 35.9 Å². The van der Waals surface area contributed by atoms with Crippen LogP contribution in [0.5, 0.6) is 0 Å². The van der Waals surface area contributed by atoms with E-state index in [1.54, 1.807) is 0 Å². The van der Waals surface area contributed by atoms with E-state index in [4.69, 9.17) is 10.8 Å². The third-order valence-electron chi connectivity index (χ3n) is 1.63. The first kappa shape index (κ1) is 9.70. The SMILES string of the molecule is NC(NCc1ccccc1)C(=O)O. The highest BCUT2D eigenvalue weighted by atomic mass is 16.4. The number of aliphatic carboxylic acids is 1. The molecule has 0 aromatic heterocycles. The molecule has 0 heterocycles. The fraction of sp³-hybridized carbons (Fsp3) is 0.222. The minimum Gasteiger partial charge on any atom is -0.479 e. The molecule has 4 nitrogen and oxygen atoms in total. The Morgan fingerprint density at radius 3 is 2.62 bits per heavy atom. The second kappa shape index (κ2) is 4.59. The summed E-state index contributed by atoms with van der Waals surface area (Å²) in [5.41, 5.74) is 6.27. The van der Waals surface area contributed by atoms with Crippen molar-refractivity contribution in [3.8, 4) is 0 Å². The number of carboxylic acids is 1. The number of rotatable bonds is 4. The summed E-state index contributed by atoms with van der Waals surface area (Å²) in [6.07, 6.45) is -1.000. The van der Waals surface area contributed by atoms with Gasteiger partial charge < -0.3 is 10.8 Å². The van der Waals surface area contributed by atoms with Gasteiger partial charge in [0.05, 0.1) is 0 Å². The van der Waals surface area contributed by atoms with E-state index in [-0.39, 0.29) is 0 Å². The summed E-state index contributed by atoms with van der Waals surface area (Å²) < 4.78 is 0. The molecule has 0 aliphatic carbocycles. The molecule has 13 heavy (non-hydrogen) atoms. The number of benzene rings is 1. The lowest BCUT2D eigenvalue weighted by molar-refractivity contribution is -0.139. The van der Waals surface area contributed by atoms with Crippen molar-refractivity contribution < 1.29 is 9.90 Å². The van der Waals surface area contributed by atoms with Crippen molar-refractivity contribution in [1.29, 1.82) is 0 Å². The maximum atomic E-state index is 10.3. The van der Waals surface area contributed by atoms with Gasteiger partial charge in [-0.1, -0.05) is 30.3 Å². The molecule has 0 radical (unpaired) electrons. The zero-order valence-corrected chi connectivity index (χ0v) is 7.10. The van der Waals surface area contributed by atoms with Gasteiger partial charge in [0.2, 0.25) is 0 Å². The van der Waals surface area contributed by atoms with Crippen molar-refractivity contribution in [3.63, 3.8) is 0 Å². The maximum Gasteiger partial charge on any atom is 0.335 e. The van der Waals surface area contributed by atoms with E-state index >= 15 is 0 Å². The molecule has 0 aliphatic rings. The van der Waals surface area contributed by atoms with Gasteiger partial charge in [-0.25, -0.2) is 4.79 Å². The highest BCUT2D eigenvalue weighted by molar-refractivity contribution is 5.72. The first-order valence-corrected chi connectivity index (χ1v) is 3.96. The number of hydrogen-bond acceptors (Lipinski definition) is 3. The van der Waals surface area contributed by atoms with Crippen molar-refractivity contribution in [2.45, 2.75) is 12.7 Å². The monoisotopic (exact) mass is 180 g/mol. The molecular formula is C9H12N2O2. The van der Waals surface area contributed by atoms with E-state index < -0.39 is 12.1 Å². The lowest BCUT2D eigenvalue weighted by atomic mass is 10.2. The average Bonchev–Trinajstić information content (AvgIpc) is 2.15. The van der Waals surface area contributed by atoms with Crippen LogP contribution in [-0.4, -0.2) is 17.2 Å². The molecule has 1 unspecified atom stereocenters. The zero-order chi connectivity index (χ0) is 9.68. The van der Waals surface area contributed by atoms with Crippen LogP contribution in [0.2, 0.25) is 0 Å². The third kappa shape index (κ3) is 3.23. The summed E-state index contributed by atoms with van der Waals surface area (Å²) >= 11 is 0. The van der Waals surface area contributed by atoms with Crippen LogP contribution < -0.4 is 11.1 Å². The molecule has 1 aromatic rings. The maximum absolute atomic E-state index is 10.3. The third-order valence-corrected chi connectivity index (χ3v) is 1.63. The van der Waals surface area contributed by atoms with Gasteiger partial charge >= 0.3 is 5.97 Å². The summed E-state index contributed by atoms with van der Waals surface area (Å²) in [6, 6.07) is 9.50. The first-order valence-electron chi connectivity index (χ1n) is 3.96. The van der Waals surface area contributed by atoms with Crippen LogP contribution in [-0.2, 0) is 11.3 Å². The molecule has 1 aromatic carbocycles. The quantitative estimate of drug-likeness (QED) is 0.576. The van der Waals surface area contributed by atoms with E-state index in [1.807, 2.05) is 30.3 Å². The van der Waals surface area contributed by atoms with Crippen molar-refractivity contribution in [2.75, 3.05) is 0 Å². The van der Waals surface area contributed by atoms with Gasteiger partial charge in [-0.3, -0.25) is 5.32 Å². The van der Waals surface area contributed by atoms with Gasteiger partial charge in [-0.15, -0.1) is 0 Å². The summed E-state index contributed by atoms with van der Waals surface area (Å²) in [4.78, 5) is 10.3. The molecule has 0 saturated heterocycles. The first-order chi connectivity index (χ1) is 6.20. The van der Waals surface area contributed by atoms with Gasteiger partial charge in [0, 0.05) is 6.54 Å². The van der Waals surface area contributed by atoms with Crippen molar-refractivity contribution >= 4 is 5.97 Å². The molecular weight excluding hydrogens is 168 g/mol. The van der Waals surface area contributed by atoms with Crippen LogP contribution in [0.1, 0.15) is 5.56 Å². The molecule has 0 bridgehead atoms. The Balaban J connectivity index is 2.39. The van der Waals surface area contributed by atoms with Crippen LogP contribution in [0.3, 0.4) is 0 Å². The molecule has 1 rings (SSSR count). The topological polar surface area (TPSA) is 75.3 Å². The predicted octanol–water partition coefficient (Wildman–Crippen LogP) is 0.146. The second-order valence-electron chi connectivity index (χ2n) is 2.68. The molecule has 1 atom stereocenters. The fourth-order valence-corrected chi connectivity index (χ4v) is 0.911. The number of carboxylic acid groups (broad SMARTS) is 1. The Bertz CT molecular complexity index is 274. The standard InChI is InChI=1S/C9H12N2O2/c10-8(9(12)13)11-6-7-4-2-1-3-5-7/h1-5,8,11H,6,10H2,(H,12,13). The number of nitrogens with one attached hydrogen (secondary N) is 1. The highest BCUT2D eigenvalue weighted by Gasteiger charge is 2.08. The molecule has 0 fully saturated rings. The summed E-state index contributed by atoms with van der Waals surface area (Å²) in [6.45, 7) is 0.467. The van der Waals surface area contributed by atoms with Crippen LogP contribution in [0.15, 0.2) is 30.3 Å². The fourth-order valence-electron chi connectivity index (χ4n) is 0.911. The largest absolute Gasteiger partial charge is 0.479 e. The van der Waals surface area contributed by atoms with Gasteiger partial charge in [0.25, 0.3) is 0 Å². The Morgan fingerprint density at radius 1 is 1.46 bits per heavy atom. The average molecular weight is 180 g/mol. The predicted molar refractivity (Wildman–Crippen MR) is 48.9 cm³/mol. The molecule has 0 aliphatic heterocycles. The summed E-state index contributed by atoms with van der Waals surface area (Å²) in [5, 5.41) is 11.1. The lowest BCUT2D eigenvalue weighted by Gasteiger charge is -2.08. The zero-order valence-electron chi connectivity index (χ0n) is 7.10. The van der Waals surface area contributed by atoms with E-state index in [1.165, 1.54) is 0 Å². The van der Waals surface area contributed by atoms with Crippen LogP contribution in [0.4, 0.5) is 0 Å². The van der Waals surface area contributed by atoms with E-state index in [2.05, 4.69) is 5.32 Å². The number of nitrogens with two attached hydrogens (primary N) is 1. The van der Waals surface area contributed by atoms with Gasteiger partial charge in [-0.05, 0) is 5.56 Å². The van der Waals surface area contributed by atoms with E-state index in [0.29, 0.717) is 6.54 Å². The Labute approximate surface area is 76.4 Å². The number of hydrogen-bond donors (Lipinski definition) is 3. The van der Waals surface area contributed by atoms with Gasteiger partial charge in [-0.2, -0.15) is 0 Å². The van der Waals surface area contributed by atoms with Crippen molar-refractivity contribution in [1.82, 2.24) is 5.32 Å². The van der Waals surface area contributed by atoms with Gasteiger partial charge in [0.15, 0.2) is 6.17 Å². The highest BCUT2D eigenvalue weighted by Crippen LogP contribution is 1.96. The van der Waals surface area contributed by atoms with Crippen molar-refractivity contribution in [2.24, 2.45) is 5.73 Å². The summed E-state index contributed by atoms with van der Waals surface area (Å²) in [5.74, 6) is -1.05. The molecule has 4 heteroatoms. The lowest BCUT2D eigenvalue weighted by Crippen LogP contribution is -2.43. The van der Waals surface area contributed by atoms with Crippen LogP contribution in [0.25, 0.3) is 0 Å². The number of carbonyl (C=O) groups is 1. The Hall–Kier alpha value is -1.39. The molecule has 0 amide bonds. The smallest absolute Gasteiger partial charge is 0.335 e. The normalized spacial score (nSPS) is 12.4. The van der Waals surface area contributed by atoms with E-state index in [0.717, 1.165) is 5.56 Å².